The van der Waals surface area contributed by atoms with Crippen molar-refractivity contribution in [3.63, 3.8) is 0 Å². The number of likely N-dealkylation sites (tertiary alicyclic amines) is 1. The smallest absolute Gasteiger partial charge is 0.221 e. The van der Waals surface area contributed by atoms with Gasteiger partial charge in [0.15, 0.2) is 0 Å². The second-order valence-electron chi connectivity index (χ2n) is 5.31. The van der Waals surface area contributed by atoms with Crippen LogP contribution < -0.4 is 11.1 Å². The zero-order valence-electron chi connectivity index (χ0n) is 11.4. The van der Waals surface area contributed by atoms with E-state index in [2.05, 4.69) is 24.1 Å². The van der Waals surface area contributed by atoms with E-state index in [0.717, 1.165) is 26.2 Å². The Bertz CT molecular complexity index is 245. The van der Waals surface area contributed by atoms with Crippen LogP contribution in [0, 0.1) is 11.8 Å². The highest BCUT2D eigenvalue weighted by atomic mass is 16.1. The van der Waals surface area contributed by atoms with Crippen molar-refractivity contribution in [3.05, 3.63) is 0 Å². The van der Waals surface area contributed by atoms with Gasteiger partial charge in [-0.15, -0.1) is 0 Å². The number of rotatable bonds is 6. The minimum atomic E-state index is -0.188. The van der Waals surface area contributed by atoms with Crippen LogP contribution in [-0.4, -0.2) is 43.0 Å². The van der Waals surface area contributed by atoms with Crippen LogP contribution in [0.3, 0.4) is 0 Å². The fourth-order valence-electron chi connectivity index (χ4n) is 2.63. The first-order valence-electron chi connectivity index (χ1n) is 6.79. The van der Waals surface area contributed by atoms with Crippen molar-refractivity contribution < 1.29 is 4.79 Å². The first kappa shape index (κ1) is 14.5. The highest BCUT2D eigenvalue weighted by Crippen LogP contribution is 2.20. The van der Waals surface area contributed by atoms with Crippen molar-refractivity contribution >= 4 is 5.91 Å². The number of nitrogens with two attached hydrogens (primary N) is 1. The SMILES string of the molecule is CCNC(C)C1CCCN(CC(C)C(N)=O)C1. The maximum atomic E-state index is 11.1. The van der Waals surface area contributed by atoms with Crippen molar-refractivity contribution in [2.45, 2.75) is 39.7 Å². The lowest BCUT2D eigenvalue weighted by molar-refractivity contribution is -0.122. The molecule has 1 saturated heterocycles. The molecule has 1 rings (SSSR count). The van der Waals surface area contributed by atoms with Gasteiger partial charge in [-0.25, -0.2) is 0 Å². The third-order valence-electron chi connectivity index (χ3n) is 3.79. The van der Waals surface area contributed by atoms with E-state index in [1.54, 1.807) is 0 Å². The van der Waals surface area contributed by atoms with Crippen LogP contribution in [-0.2, 0) is 4.79 Å². The standard InChI is InChI=1S/C13H27N3O/c1-4-15-11(3)12-6-5-7-16(9-12)8-10(2)13(14)17/h10-12,15H,4-9H2,1-3H3,(H2,14,17). The molecule has 100 valence electrons. The van der Waals surface area contributed by atoms with Crippen molar-refractivity contribution in [2.24, 2.45) is 17.6 Å². The Morgan fingerprint density at radius 3 is 2.82 bits per heavy atom. The highest BCUT2D eigenvalue weighted by molar-refractivity contribution is 5.76. The fourth-order valence-corrected chi connectivity index (χ4v) is 2.63. The summed E-state index contributed by atoms with van der Waals surface area (Å²) in [7, 11) is 0. The van der Waals surface area contributed by atoms with Crippen molar-refractivity contribution in [1.29, 1.82) is 0 Å². The van der Waals surface area contributed by atoms with E-state index < -0.39 is 0 Å². The summed E-state index contributed by atoms with van der Waals surface area (Å²) in [6.45, 7) is 10.3. The Balaban J connectivity index is 2.40. The van der Waals surface area contributed by atoms with Crippen molar-refractivity contribution in [2.75, 3.05) is 26.2 Å². The summed E-state index contributed by atoms with van der Waals surface area (Å²) in [5, 5.41) is 3.49. The van der Waals surface area contributed by atoms with Gasteiger partial charge >= 0.3 is 0 Å². The van der Waals surface area contributed by atoms with E-state index in [-0.39, 0.29) is 11.8 Å². The molecule has 1 amide bonds. The summed E-state index contributed by atoms with van der Waals surface area (Å²) in [5.74, 6) is 0.471. The van der Waals surface area contributed by atoms with E-state index in [9.17, 15) is 4.79 Å². The normalized spacial score (nSPS) is 25.5. The van der Waals surface area contributed by atoms with Gasteiger partial charge in [-0.1, -0.05) is 13.8 Å². The molecule has 3 N–H and O–H groups in total. The number of nitrogens with zero attached hydrogens (tertiary/aromatic N) is 1. The predicted octanol–water partition coefficient (Wildman–Crippen LogP) is 0.818. The highest BCUT2D eigenvalue weighted by Gasteiger charge is 2.25. The minimum absolute atomic E-state index is 0.0387. The fraction of sp³-hybridized carbons (Fsp3) is 0.923. The lowest BCUT2D eigenvalue weighted by Gasteiger charge is -2.36. The third-order valence-corrected chi connectivity index (χ3v) is 3.79. The van der Waals surface area contributed by atoms with Crippen LogP contribution in [0.1, 0.15) is 33.6 Å². The zero-order valence-corrected chi connectivity index (χ0v) is 11.4. The molecular formula is C13H27N3O. The molecule has 0 spiro atoms. The maximum Gasteiger partial charge on any atom is 0.221 e. The monoisotopic (exact) mass is 241 g/mol. The number of carbonyl (C=O) groups is 1. The number of hydrogen-bond acceptors (Lipinski definition) is 3. The van der Waals surface area contributed by atoms with E-state index in [0.29, 0.717) is 12.0 Å². The lowest BCUT2D eigenvalue weighted by atomic mass is 9.91. The molecule has 17 heavy (non-hydrogen) atoms. The third kappa shape index (κ3) is 4.64. The molecule has 4 nitrogen and oxygen atoms in total. The number of piperidine rings is 1. The summed E-state index contributed by atoms with van der Waals surface area (Å²) in [5.41, 5.74) is 5.32. The number of nitrogens with one attached hydrogen (secondary N) is 1. The molecule has 3 unspecified atom stereocenters. The van der Waals surface area contributed by atoms with Gasteiger partial charge in [0.05, 0.1) is 0 Å². The average Bonchev–Trinajstić information content (AvgIpc) is 2.29. The Morgan fingerprint density at radius 2 is 2.24 bits per heavy atom. The number of amides is 1. The summed E-state index contributed by atoms with van der Waals surface area (Å²) >= 11 is 0. The molecule has 0 saturated carbocycles. The molecule has 0 radical (unpaired) electrons. The Labute approximate surface area is 105 Å². The largest absolute Gasteiger partial charge is 0.369 e. The molecule has 0 aromatic rings. The first-order chi connectivity index (χ1) is 8.04. The van der Waals surface area contributed by atoms with E-state index in [1.807, 2.05) is 6.92 Å². The number of carbonyl (C=O) groups excluding carboxylic acids is 1. The van der Waals surface area contributed by atoms with Crippen LogP contribution in [0.5, 0.6) is 0 Å². The average molecular weight is 241 g/mol. The Hall–Kier alpha value is -0.610. The van der Waals surface area contributed by atoms with Crippen molar-refractivity contribution in [3.8, 4) is 0 Å². The quantitative estimate of drug-likeness (QED) is 0.724. The van der Waals surface area contributed by atoms with Crippen LogP contribution in [0.15, 0.2) is 0 Å². The van der Waals surface area contributed by atoms with E-state index >= 15 is 0 Å². The maximum absolute atomic E-state index is 11.1. The molecule has 1 heterocycles. The van der Waals surface area contributed by atoms with Gasteiger partial charge in [0.2, 0.25) is 5.91 Å². The Morgan fingerprint density at radius 1 is 1.53 bits per heavy atom. The van der Waals surface area contributed by atoms with Crippen LogP contribution in [0.4, 0.5) is 0 Å². The molecule has 0 aliphatic carbocycles. The van der Waals surface area contributed by atoms with E-state index in [4.69, 9.17) is 5.73 Å². The summed E-state index contributed by atoms with van der Waals surface area (Å²) in [6.07, 6.45) is 2.52. The summed E-state index contributed by atoms with van der Waals surface area (Å²) in [6, 6.07) is 0.562. The first-order valence-corrected chi connectivity index (χ1v) is 6.79. The second-order valence-corrected chi connectivity index (χ2v) is 5.31. The molecular weight excluding hydrogens is 214 g/mol. The van der Waals surface area contributed by atoms with Gasteiger partial charge < -0.3 is 16.0 Å². The number of hydrogen-bond donors (Lipinski definition) is 2. The van der Waals surface area contributed by atoms with Gasteiger partial charge in [-0.2, -0.15) is 0 Å². The Kier molecular flexibility index (Phi) is 5.92. The molecule has 4 heteroatoms. The molecule has 1 aliphatic heterocycles. The summed E-state index contributed by atoms with van der Waals surface area (Å²) < 4.78 is 0. The molecule has 0 aromatic heterocycles. The molecule has 1 aliphatic rings. The van der Waals surface area contributed by atoms with Crippen molar-refractivity contribution in [1.82, 2.24) is 10.2 Å². The molecule has 0 aromatic carbocycles. The van der Waals surface area contributed by atoms with Gasteiger partial charge in [0, 0.05) is 25.0 Å². The minimum Gasteiger partial charge on any atom is -0.369 e. The molecule has 3 atom stereocenters. The van der Waals surface area contributed by atoms with E-state index in [1.165, 1.54) is 12.8 Å². The topological polar surface area (TPSA) is 58.4 Å². The van der Waals surface area contributed by atoms with Gasteiger partial charge in [-0.05, 0) is 38.8 Å². The van der Waals surface area contributed by atoms with Gasteiger partial charge in [0.25, 0.3) is 0 Å². The number of primary amides is 1. The van der Waals surface area contributed by atoms with Gasteiger partial charge in [-0.3, -0.25) is 4.79 Å². The summed E-state index contributed by atoms with van der Waals surface area (Å²) in [4.78, 5) is 13.5. The van der Waals surface area contributed by atoms with Crippen LogP contribution in [0.25, 0.3) is 0 Å². The van der Waals surface area contributed by atoms with Crippen LogP contribution in [0.2, 0.25) is 0 Å². The second kappa shape index (κ2) is 6.97. The molecule has 1 fully saturated rings. The lowest BCUT2D eigenvalue weighted by Crippen LogP contribution is -2.46. The zero-order chi connectivity index (χ0) is 12.8. The van der Waals surface area contributed by atoms with Gasteiger partial charge in [0.1, 0.15) is 0 Å². The predicted molar refractivity (Wildman–Crippen MR) is 70.7 cm³/mol. The van der Waals surface area contributed by atoms with Crippen LogP contribution >= 0.6 is 0 Å². The molecule has 0 bridgehead atoms.